The van der Waals surface area contributed by atoms with Gasteiger partial charge in [-0.2, -0.15) is 0 Å². The maximum Gasteiger partial charge on any atom is 0.383 e. The van der Waals surface area contributed by atoms with Crippen LogP contribution in [0.4, 0.5) is 0 Å². The summed E-state index contributed by atoms with van der Waals surface area (Å²) >= 11 is 0. The lowest BCUT2D eigenvalue weighted by atomic mass is 10.1. The molecule has 0 saturated carbocycles. The van der Waals surface area contributed by atoms with Crippen LogP contribution in [0.5, 0.6) is 5.75 Å². The van der Waals surface area contributed by atoms with Gasteiger partial charge in [-0.15, -0.1) is 0 Å². The molecule has 0 spiro atoms. The zero-order chi connectivity index (χ0) is 22.3. The van der Waals surface area contributed by atoms with E-state index < -0.39 is 17.1 Å². The summed E-state index contributed by atoms with van der Waals surface area (Å²) < 4.78 is 18.9. The van der Waals surface area contributed by atoms with Crippen molar-refractivity contribution in [3.05, 3.63) is 29.8 Å². The van der Waals surface area contributed by atoms with Gasteiger partial charge in [0.05, 0.1) is 0 Å². The highest BCUT2D eigenvalue weighted by Crippen LogP contribution is 2.24. The first-order chi connectivity index (χ1) is 14.3. The van der Waals surface area contributed by atoms with Crippen LogP contribution in [0.2, 0.25) is 26.2 Å². The van der Waals surface area contributed by atoms with E-state index in [0.29, 0.717) is 0 Å². The Labute approximate surface area is 189 Å². The maximum atomic E-state index is 6.42. The predicted octanol–water partition coefficient (Wildman–Crippen LogP) is 8.51. The molecule has 0 aliphatic carbocycles. The van der Waals surface area contributed by atoms with Crippen molar-refractivity contribution in [1.82, 2.24) is 0 Å². The van der Waals surface area contributed by atoms with E-state index in [2.05, 4.69) is 46.1 Å². The van der Waals surface area contributed by atoms with Gasteiger partial charge in [-0.1, -0.05) is 95.8 Å². The topological polar surface area (TPSA) is 27.7 Å². The molecule has 5 heteroatoms. The molecule has 3 nitrogen and oxygen atoms in total. The molecule has 1 aromatic rings. The Morgan fingerprint density at radius 1 is 0.667 bits per heavy atom. The van der Waals surface area contributed by atoms with Crippen molar-refractivity contribution in [2.24, 2.45) is 0 Å². The lowest BCUT2D eigenvalue weighted by Crippen LogP contribution is -2.50. The summed E-state index contributed by atoms with van der Waals surface area (Å²) in [7, 11) is -4.45. The van der Waals surface area contributed by atoms with E-state index in [0.717, 1.165) is 24.3 Å². The van der Waals surface area contributed by atoms with Crippen LogP contribution in [0.1, 0.15) is 89.5 Å². The van der Waals surface area contributed by atoms with Gasteiger partial charge in [-0.3, -0.25) is 0 Å². The van der Waals surface area contributed by atoms with Crippen molar-refractivity contribution in [3.63, 3.8) is 0 Å². The molecule has 0 atom stereocenters. The second-order valence-electron chi connectivity index (χ2n) is 9.51. The molecule has 0 bridgehead atoms. The molecular weight excluding hydrogens is 404 g/mol. The fraction of sp³-hybridized carbons (Fsp3) is 0.760. The zero-order valence-corrected chi connectivity index (χ0v) is 22.7. The van der Waals surface area contributed by atoms with E-state index in [9.17, 15) is 0 Å². The second-order valence-corrected chi connectivity index (χ2v) is 16.4. The van der Waals surface area contributed by atoms with Crippen LogP contribution in [0.15, 0.2) is 24.3 Å². The lowest BCUT2D eigenvalue weighted by molar-refractivity contribution is 0.224. The van der Waals surface area contributed by atoms with Gasteiger partial charge in [0, 0.05) is 6.61 Å². The van der Waals surface area contributed by atoms with Gasteiger partial charge < -0.3 is 13.0 Å². The van der Waals surface area contributed by atoms with Gasteiger partial charge in [-0.25, -0.2) is 0 Å². The molecule has 0 fully saturated rings. The highest BCUT2D eigenvalue weighted by molar-refractivity contribution is 6.79. The number of hydrogen-bond donors (Lipinski definition) is 0. The van der Waals surface area contributed by atoms with Crippen LogP contribution in [0, 0.1) is 6.92 Å². The van der Waals surface area contributed by atoms with Crippen LogP contribution in [-0.2, 0) is 8.54 Å². The van der Waals surface area contributed by atoms with Crippen LogP contribution < -0.4 is 4.43 Å². The van der Waals surface area contributed by atoms with Gasteiger partial charge in [0.1, 0.15) is 5.75 Å². The number of aryl methyl sites for hydroxylation is 1. The van der Waals surface area contributed by atoms with E-state index in [-0.39, 0.29) is 0 Å². The normalized spacial score (nSPS) is 12.3. The molecular formula is C25H48O3Si2. The summed E-state index contributed by atoms with van der Waals surface area (Å²) in [5, 5.41) is 0. The Bertz CT molecular complexity index is 561. The molecule has 0 N–H and O–H groups in total. The van der Waals surface area contributed by atoms with Crippen molar-refractivity contribution in [2.45, 2.75) is 117 Å². The van der Waals surface area contributed by atoms with Crippen LogP contribution in [0.3, 0.4) is 0 Å². The fourth-order valence-electron chi connectivity index (χ4n) is 3.84. The Morgan fingerprint density at radius 2 is 1.17 bits per heavy atom. The highest BCUT2D eigenvalue weighted by atomic mass is 28.5. The van der Waals surface area contributed by atoms with E-state index in [1.165, 1.54) is 70.6 Å². The molecule has 0 saturated heterocycles. The molecule has 174 valence electrons. The van der Waals surface area contributed by atoms with Crippen LogP contribution in [-0.4, -0.2) is 23.7 Å². The van der Waals surface area contributed by atoms with Crippen molar-refractivity contribution in [1.29, 1.82) is 0 Å². The fourth-order valence-corrected chi connectivity index (χ4v) is 10.4. The Hall–Kier alpha value is -0.626. The summed E-state index contributed by atoms with van der Waals surface area (Å²) in [6.07, 6.45) is 16.4. The number of para-hydroxylation sites is 1. The zero-order valence-electron chi connectivity index (χ0n) is 20.7. The molecule has 0 aromatic heterocycles. The van der Waals surface area contributed by atoms with Gasteiger partial charge >= 0.3 is 17.1 Å². The number of hydrogen-bond acceptors (Lipinski definition) is 3. The molecule has 1 aromatic carbocycles. The monoisotopic (exact) mass is 452 g/mol. The Kier molecular flexibility index (Phi) is 13.9. The third kappa shape index (κ3) is 13.6. The minimum Gasteiger partial charge on any atom is -0.521 e. The van der Waals surface area contributed by atoms with Crippen LogP contribution >= 0.6 is 0 Å². The minimum atomic E-state index is -2.28. The summed E-state index contributed by atoms with van der Waals surface area (Å²) in [4.78, 5) is 0. The molecule has 0 unspecified atom stereocenters. The molecule has 0 amide bonds. The second kappa shape index (κ2) is 15.2. The largest absolute Gasteiger partial charge is 0.521 e. The summed E-state index contributed by atoms with van der Waals surface area (Å²) in [6, 6.07) is 8.15. The summed E-state index contributed by atoms with van der Waals surface area (Å²) in [5.74, 6) is 0.930. The van der Waals surface area contributed by atoms with Crippen molar-refractivity contribution in [2.75, 3.05) is 6.61 Å². The number of rotatable bonds is 18. The average molecular weight is 453 g/mol. The summed E-state index contributed by atoms with van der Waals surface area (Å²) in [6.45, 7) is 13.7. The number of unbranched alkanes of at least 4 members (excludes halogenated alkanes) is 11. The van der Waals surface area contributed by atoms with Crippen molar-refractivity contribution < 1.29 is 13.0 Å². The molecule has 0 radical (unpaired) electrons. The molecule has 0 aliphatic rings. The van der Waals surface area contributed by atoms with Gasteiger partial charge in [0.15, 0.2) is 0 Å². The number of benzene rings is 1. The minimum absolute atomic E-state index is 0.811. The highest BCUT2D eigenvalue weighted by Gasteiger charge is 2.38. The molecule has 30 heavy (non-hydrogen) atoms. The lowest BCUT2D eigenvalue weighted by Gasteiger charge is -2.33. The molecule has 0 aliphatic heterocycles. The Balaban J connectivity index is 2.09. The first-order valence-electron chi connectivity index (χ1n) is 12.3. The molecule has 1 rings (SSSR count). The third-order valence-electron chi connectivity index (χ3n) is 5.39. The van der Waals surface area contributed by atoms with Crippen molar-refractivity contribution >= 4 is 17.1 Å². The third-order valence-corrected chi connectivity index (χ3v) is 10.9. The van der Waals surface area contributed by atoms with Gasteiger partial charge in [0.25, 0.3) is 0 Å². The smallest absolute Gasteiger partial charge is 0.383 e. The SMILES string of the molecule is CCCCCCCCCCCCCCO[Si](C)(C)O[Si](C)(C)Oc1ccccc1C. The molecule has 0 heterocycles. The first kappa shape index (κ1) is 27.4. The maximum absolute atomic E-state index is 6.42. The predicted molar refractivity (Wildman–Crippen MR) is 135 cm³/mol. The van der Waals surface area contributed by atoms with Gasteiger partial charge in [0.2, 0.25) is 0 Å². The quantitative estimate of drug-likeness (QED) is 0.165. The van der Waals surface area contributed by atoms with Gasteiger partial charge in [-0.05, 0) is 51.2 Å². The van der Waals surface area contributed by atoms with E-state index in [1.54, 1.807) is 0 Å². The van der Waals surface area contributed by atoms with Crippen LogP contribution in [0.25, 0.3) is 0 Å². The summed E-state index contributed by atoms with van der Waals surface area (Å²) in [5.41, 5.74) is 1.15. The van der Waals surface area contributed by atoms with Crippen molar-refractivity contribution in [3.8, 4) is 5.75 Å². The Morgan fingerprint density at radius 3 is 1.70 bits per heavy atom. The van der Waals surface area contributed by atoms with E-state index >= 15 is 0 Å². The van der Waals surface area contributed by atoms with E-state index in [4.69, 9.17) is 13.0 Å². The first-order valence-corrected chi connectivity index (χ1v) is 18.0. The standard InChI is InChI=1S/C25H48O3Si2/c1-7-8-9-10-11-12-13-14-15-16-17-20-23-26-29(3,4)28-30(5,6)27-25-22-19-18-21-24(25)2/h18-19,21-22H,7-17,20,23H2,1-6H3. The van der Waals surface area contributed by atoms with E-state index in [1.807, 2.05) is 18.2 Å². The average Bonchev–Trinajstić information content (AvgIpc) is 2.66.